The fraction of sp³-hybridized carbons (Fsp3) is 0.333. The van der Waals surface area contributed by atoms with Gasteiger partial charge in [0.15, 0.2) is 11.5 Å². The zero-order valence-corrected chi connectivity index (χ0v) is 25.1. The zero-order valence-electron chi connectivity index (χ0n) is 23.5. The quantitative estimate of drug-likeness (QED) is 0.332. The van der Waals surface area contributed by atoms with Crippen molar-refractivity contribution >= 4 is 39.1 Å². The molecule has 2 atom stereocenters. The van der Waals surface area contributed by atoms with Gasteiger partial charge >= 0.3 is 0 Å². The summed E-state index contributed by atoms with van der Waals surface area (Å²) in [6, 6.07) is 14.7. The van der Waals surface area contributed by atoms with Gasteiger partial charge in [0.05, 0.1) is 10.6 Å². The number of nitrogens with zero attached hydrogens (tertiary/aromatic N) is 2. The van der Waals surface area contributed by atoms with E-state index in [1.54, 1.807) is 31.2 Å². The number of hydrogen-bond donors (Lipinski definition) is 1. The molecule has 224 valence electrons. The third-order valence-corrected chi connectivity index (χ3v) is 9.10. The molecule has 0 fully saturated rings. The Morgan fingerprint density at radius 1 is 1.00 bits per heavy atom. The predicted molar refractivity (Wildman–Crippen MR) is 158 cm³/mol. The number of halogens is 2. The van der Waals surface area contributed by atoms with Crippen molar-refractivity contribution in [2.45, 2.75) is 50.7 Å². The fourth-order valence-electron chi connectivity index (χ4n) is 4.31. The van der Waals surface area contributed by atoms with Crippen molar-refractivity contribution in [1.82, 2.24) is 10.2 Å². The van der Waals surface area contributed by atoms with Gasteiger partial charge in [0, 0.05) is 23.7 Å². The second-order valence-corrected chi connectivity index (χ2v) is 12.2. The summed E-state index contributed by atoms with van der Waals surface area (Å²) in [4.78, 5) is 28.3. The lowest BCUT2D eigenvalue weighted by Crippen LogP contribution is -2.52. The molecule has 4 rings (SSSR count). The monoisotopic (exact) mass is 617 g/mol. The van der Waals surface area contributed by atoms with Gasteiger partial charge < -0.3 is 19.7 Å². The molecule has 0 unspecified atom stereocenters. The van der Waals surface area contributed by atoms with E-state index in [1.807, 2.05) is 13.8 Å². The van der Waals surface area contributed by atoms with Gasteiger partial charge in [0.2, 0.25) is 11.8 Å². The van der Waals surface area contributed by atoms with E-state index in [0.29, 0.717) is 29.4 Å². The molecule has 0 spiro atoms. The summed E-state index contributed by atoms with van der Waals surface area (Å²) in [5, 5.41) is 3.27. The van der Waals surface area contributed by atoms with Gasteiger partial charge in [-0.25, -0.2) is 12.8 Å². The first-order valence-corrected chi connectivity index (χ1v) is 15.3. The SMILES string of the molecule is CC[C@@H](C)NC(=O)[C@H](C)N(Cc1ccccc1Cl)C(=O)CN(c1ccc(F)cc1)S(=O)(=O)c1ccc2c(c1)OCCO2. The highest BCUT2D eigenvalue weighted by molar-refractivity contribution is 7.92. The number of nitrogens with one attached hydrogen (secondary N) is 1. The Hall–Kier alpha value is -3.83. The van der Waals surface area contributed by atoms with E-state index in [-0.39, 0.29) is 35.5 Å². The van der Waals surface area contributed by atoms with Gasteiger partial charge in [-0.2, -0.15) is 0 Å². The Balaban J connectivity index is 1.72. The average molecular weight is 618 g/mol. The molecule has 3 aromatic carbocycles. The second kappa shape index (κ2) is 13.4. The summed E-state index contributed by atoms with van der Waals surface area (Å²) in [6.07, 6.45) is 0.684. The second-order valence-electron chi connectivity index (χ2n) is 9.90. The van der Waals surface area contributed by atoms with Crippen molar-refractivity contribution in [3.05, 3.63) is 83.1 Å². The molecule has 3 aromatic rings. The highest BCUT2D eigenvalue weighted by Gasteiger charge is 2.33. The molecule has 0 bridgehead atoms. The van der Waals surface area contributed by atoms with Crippen LogP contribution in [0, 0.1) is 5.82 Å². The molecular weight excluding hydrogens is 585 g/mol. The number of fused-ring (bicyclic) bond motifs is 1. The molecular formula is C30H33ClFN3O6S. The summed E-state index contributed by atoms with van der Waals surface area (Å²) in [6.45, 7) is 5.21. The molecule has 1 N–H and O–H groups in total. The number of rotatable bonds is 11. The van der Waals surface area contributed by atoms with Crippen LogP contribution < -0.4 is 19.1 Å². The summed E-state index contributed by atoms with van der Waals surface area (Å²) in [7, 11) is -4.38. The van der Waals surface area contributed by atoms with Gasteiger partial charge in [-0.05, 0) is 68.3 Å². The van der Waals surface area contributed by atoms with Crippen molar-refractivity contribution in [2.24, 2.45) is 0 Å². The minimum Gasteiger partial charge on any atom is -0.486 e. The molecule has 0 radical (unpaired) electrons. The van der Waals surface area contributed by atoms with Crippen molar-refractivity contribution in [3.63, 3.8) is 0 Å². The predicted octanol–water partition coefficient (Wildman–Crippen LogP) is 4.78. The zero-order chi connectivity index (χ0) is 30.4. The summed E-state index contributed by atoms with van der Waals surface area (Å²) >= 11 is 6.39. The number of amides is 2. The van der Waals surface area contributed by atoms with Crippen LogP contribution in [0.5, 0.6) is 11.5 Å². The van der Waals surface area contributed by atoms with Crippen molar-refractivity contribution in [1.29, 1.82) is 0 Å². The minimum absolute atomic E-state index is 0.0467. The molecule has 1 aliphatic rings. The fourth-order valence-corrected chi connectivity index (χ4v) is 5.93. The van der Waals surface area contributed by atoms with Crippen LogP contribution in [0.2, 0.25) is 5.02 Å². The lowest BCUT2D eigenvalue weighted by atomic mass is 10.1. The summed E-state index contributed by atoms with van der Waals surface area (Å²) < 4.78 is 53.8. The van der Waals surface area contributed by atoms with Crippen LogP contribution in [0.4, 0.5) is 10.1 Å². The lowest BCUT2D eigenvalue weighted by Gasteiger charge is -2.32. The van der Waals surface area contributed by atoms with Gasteiger partial charge in [0.1, 0.15) is 31.6 Å². The van der Waals surface area contributed by atoms with Crippen LogP contribution in [-0.4, -0.2) is 57.0 Å². The van der Waals surface area contributed by atoms with Crippen LogP contribution in [0.25, 0.3) is 0 Å². The van der Waals surface area contributed by atoms with Crippen molar-refractivity contribution in [2.75, 3.05) is 24.1 Å². The largest absolute Gasteiger partial charge is 0.486 e. The van der Waals surface area contributed by atoms with Gasteiger partial charge in [-0.3, -0.25) is 13.9 Å². The molecule has 0 saturated carbocycles. The first-order valence-electron chi connectivity index (χ1n) is 13.5. The molecule has 0 aliphatic carbocycles. The molecule has 42 heavy (non-hydrogen) atoms. The third-order valence-electron chi connectivity index (χ3n) is 6.96. The van der Waals surface area contributed by atoms with Crippen LogP contribution >= 0.6 is 11.6 Å². The van der Waals surface area contributed by atoms with Crippen LogP contribution in [0.3, 0.4) is 0 Å². The maximum absolute atomic E-state index is 14.0. The van der Waals surface area contributed by atoms with E-state index in [1.165, 1.54) is 35.2 Å². The molecule has 1 aliphatic heterocycles. The Kier molecular flexibility index (Phi) is 9.95. The molecule has 0 saturated heterocycles. The Labute approximate surface area is 250 Å². The highest BCUT2D eigenvalue weighted by Crippen LogP contribution is 2.34. The molecule has 2 amide bonds. The van der Waals surface area contributed by atoms with Crippen LogP contribution in [-0.2, 0) is 26.2 Å². The first kappa shape index (κ1) is 31.1. The number of carbonyl (C=O) groups excluding carboxylic acids is 2. The maximum Gasteiger partial charge on any atom is 0.264 e. The lowest BCUT2D eigenvalue weighted by molar-refractivity contribution is -0.139. The van der Waals surface area contributed by atoms with E-state index in [9.17, 15) is 22.4 Å². The number of carbonyl (C=O) groups is 2. The van der Waals surface area contributed by atoms with E-state index < -0.39 is 40.2 Å². The number of benzene rings is 3. The summed E-state index contributed by atoms with van der Waals surface area (Å²) in [5.41, 5.74) is 0.646. The number of sulfonamides is 1. The van der Waals surface area contributed by atoms with E-state index in [4.69, 9.17) is 21.1 Å². The average Bonchev–Trinajstić information content (AvgIpc) is 2.99. The molecule has 9 nitrogen and oxygen atoms in total. The molecule has 12 heteroatoms. The summed E-state index contributed by atoms with van der Waals surface area (Å²) in [5.74, 6) is -0.975. The Morgan fingerprint density at radius 3 is 2.33 bits per heavy atom. The Bertz CT molecular complexity index is 1540. The minimum atomic E-state index is -4.38. The highest BCUT2D eigenvalue weighted by atomic mass is 35.5. The van der Waals surface area contributed by atoms with E-state index >= 15 is 0 Å². The maximum atomic E-state index is 14.0. The third kappa shape index (κ3) is 7.14. The standard InChI is InChI=1S/C30H33ClFN3O6S/c1-4-20(2)33-30(37)21(3)34(18-22-7-5-6-8-26(22)31)29(36)19-35(24-11-9-23(32)10-12-24)42(38,39)25-13-14-27-28(17-25)41-16-15-40-27/h5-14,17,20-21H,4,15-16,18-19H2,1-3H3,(H,33,37)/t20-,21+/m1/s1. The van der Waals surface area contributed by atoms with Crippen molar-refractivity contribution < 1.29 is 31.9 Å². The topological polar surface area (TPSA) is 105 Å². The van der Waals surface area contributed by atoms with Crippen molar-refractivity contribution in [3.8, 4) is 11.5 Å². The van der Waals surface area contributed by atoms with Gasteiger partial charge in [-0.15, -0.1) is 0 Å². The van der Waals surface area contributed by atoms with Crippen LogP contribution in [0.1, 0.15) is 32.8 Å². The number of hydrogen-bond acceptors (Lipinski definition) is 6. The van der Waals surface area contributed by atoms with Gasteiger partial charge in [0.25, 0.3) is 10.0 Å². The van der Waals surface area contributed by atoms with E-state index in [2.05, 4.69) is 5.32 Å². The first-order chi connectivity index (χ1) is 20.0. The molecule has 1 heterocycles. The van der Waals surface area contributed by atoms with E-state index in [0.717, 1.165) is 16.4 Å². The smallest absolute Gasteiger partial charge is 0.264 e. The number of anilines is 1. The molecule has 0 aromatic heterocycles. The van der Waals surface area contributed by atoms with Gasteiger partial charge in [-0.1, -0.05) is 36.7 Å². The normalized spacial score (nSPS) is 14.0. The Morgan fingerprint density at radius 2 is 1.67 bits per heavy atom. The van der Waals surface area contributed by atoms with Crippen LogP contribution in [0.15, 0.2) is 71.6 Å². The number of ether oxygens (including phenoxy) is 2.